The van der Waals surface area contributed by atoms with Crippen molar-refractivity contribution in [1.29, 1.82) is 0 Å². The molecule has 0 bridgehead atoms. The summed E-state index contributed by atoms with van der Waals surface area (Å²) in [6.07, 6.45) is 4.20. The number of carbonyl (C=O) groups excluding carboxylic acids is 1. The van der Waals surface area contributed by atoms with Crippen LogP contribution in [-0.4, -0.2) is 35.1 Å². The summed E-state index contributed by atoms with van der Waals surface area (Å²) in [4.78, 5) is 24.3. The van der Waals surface area contributed by atoms with Gasteiger partial charge in [-0.15, -0.1) is 0 Å². The second-order valence-electron chi connectivity index (χ2n) is 4.98. The number of rotatable bonds is 3. The maximum atomic E-state index is 13.5. The van der Waals surface area contributed by atoms with E-state index in [9.17, 15) is 14.0 Å². The first kappa shape index (κ1) is 14.3. The van der Waals surface area contributed by atoms with Crippen LogP contribution in [0.3, 0.4) is 0 Å². The van der Waals surface area contributed by atoms with Gasteiger partial charge in [0.25, 0.3) is 0 Å². The summed E-state index contributed by atoms with van der Waals surface area (Å²) >= 11 is 0. The Morgan fingerprint density at radius 2 is 2.00 bits per heavy atom. The monoisotopic (exact) mass is 280 g/mol. The third-order valence-electron chi connectivity index (χ3n) is 3.64. The van der Waals surface area contributed by atoms with Crippen LogP contribution in [0.1, 0.15) is 36.0 Å². The summed E-state index contributed by atoms with van der Waals surface area (Å²) in [6, 6.07) is 3.46. The van der Waals surface area contributed by atoms with Crippen molar-refractivity contribution in [2.45, 2.75) is 31.7 Å². The highest BCUT2D eigenvalue weighted by Gasteiger charge is 2.23. The maximum absolute atomic E-state index is 13.5. The number of halogens is 1. The van der Waals surface area contributed by atoms with Crippen LogP contribution in [0.5, 0.6) is 0 Å². The quantitative estimate of drug-likeness (QED) is 0.894. The van der Waals surface area contributed by atoms with Crippen molar-refractivity contribution in [3.05, 3.63) is 29.6 Å². The van der Waals surface area contributed by atoms with Gasteiger partial charge in [-0.1, -0.05) is 12.8 Å². The van der Waals surface area contributed by atoms with Crippen LogP contribution in [0.25, 0.3) is 0 Å². The number of amides is 2. The fourth-order valence-electron chi connectivity index (χ4n) is 2.44. The lowest BCUT2D eigenvalue weighted by atomic mass is 10.2. The summed E-state index contributed by atoms with van der Waals surface area (Å²) < 4.78 is 13.5. The van der Waals surface area contributed by atoms with Crippen LogP contribution in [0.2, 0.25) is 0 Å². The summed E-state index contributed by atoms with van der Waals surface area (Å²) in [5, 5.41) is 11.3. The second kappa shape index (κ2) is 5.90. The number of urea groups is 1. The molecule has 2 amide bonds. The lowest BCUT2D eigenvalue weighted by Crippen LogP contribution is -2.38. The van der Waals surface area contributed by atoms with E-state index in [0.717, 1.165) is 37.8 Å². The smallest absolute Gasteiger partial charge is 0.338 e. The number of hydrogen-bond donors (Lipinski definition) is 2. The van der Waals surface area contributed by atoms with E-state index in [1.807, 2.05) is 0 Å². The van der Waals surface area contributed by atoms with Gasteiger partial charge < -0.3 is 15.3 Å². The molecule has 0 spiro atoms. The largest absolute Gasteiger partial charge is 0.478 e. The van der Waals surface area contributed by atoms with E-state index in [4.69, 9.17) is 5.11 Å². The Morgan fingerprint density at radius 3 is 2.55 bits per heavy atom. The molecule has 0 atom stereocenters. The Kier molecular flexibility index (Phi) is 4.22. The van der Waals surface area contributed by atoms with E-state index in [0.29, 0.717) is 0 Å². The third-order valence-corrected chi connectivity index (χ3v) is 3.64. The van der Waals surface area contributed by atoms with E-state index >= 15 is 0 Å². The van der Waals surface area contributed by atoms with Crippen LogP contribution in [0.15, 0.2) is 18.2 Å². The molecule has 2 N–H and O–H groups in total. The predicted molar refractivity (Wildman–Crippen MR) is 72.4 cm³/mol. The van der Waals surface area contributed by atoms with Crippen LogP contribution in [0.4, 0.5) is 14.9 Å². The highest BCUT2D eigenvalue weighted by molar-refractivity contribution is 5.91. The number of hydrogen-bond acceptors (Lipinski definition) is 2. The number of nitrogens with one attached hydrogen (secondary N) is 1. The number of nitrogens with zero attached hydrogens (tertiary/aromatic N) is 1. The van der Waals surface area contributed by atoms with E-state index in [1.54, 1.807) is 11.9 Å². The van der Waals surface area contributed by atoms with Crippen molar-refractivity contribution in [3.8, 4) is 0 Å². The Labute approximate surface area is 116 Å². The highest BCUT2D eigenvalue weighted by atomic mass is 19.1. The van der Waals surface area contributed by atoms with E-state index in [-0.39, 0.29) is 17.8 Å². The Morgan fingerprint density at radius 1 is 1.35 bits per heavy atom. The van der Waals surface area contributed by atoms with Gasteiger partial charge in [0.2, 0.25) is 0 Å². The molecule has 20 heavy (non-hydrogen) atoms. The fourth-order valence-corrected chi connectivity index (χ4v) is 2.44. The van der Waals surface area contributed by atoms with Crippen LogP contribution < -0.4 is 5.32 Å². The third kappa shape index (κ3) is 3.07. The molecular weight excluding hydrogens is 263 g/mol. The normalized spacial score (nSPS) is 15.1. The Bertz CT molecular complexity index is 527. The second-order valence-corrected chi connectivity index (χ2v) is 4.98. The number of benzene rings is 1. The minimum Gasteiger partial charge on any atom is -0.478 e. The van der Waals surface area contributed by atoms with Crippen LogP contribution in [-0.2, 0) is 0 Å². The van der Waals surface area contributed by atoms with Crippen LogP contribution >= 0.6 is 0 Å². The summed E-state index contributed by atoms with van der Waals surface area (Å²) in [5.74, 6) is -2.19. The van der Waals surface area contributed by atoms with Gasteiger partial charge >= 0.3 is 12.0 Å². The molecule has 108 valence electrons. The van der Waals surface area contributed by atoms with Crippen molar-refractivity contribution >= 4 is 17.7 Å². The first-order chi connectivity index (χ1) is 9.49. The first-order valence-electron chi connectivity index (χ1n) is 6.55. The molecule has 1 fully saturated rings. The minimum atomic E-state index is -1.33. The van der Waals surface area contributed by atoms with Gasteiger partial charge in [-0.25, -0.2) is 14.0 Å². The van der Waals surface area contributed by atoms with Crippen molar-refractivity contribution in [2.24, 2.45) is 0 Å². The van der Waals surface area contributed by atoms with E-state index in [2.05, 4.69) is 5.32 Å². The first-order valence-corrected chi connectivity index (χ1v) is 6.55. The number of carbonyl (C=O) groups is 2. The Balaban J connectivity index is 2.04. The average molecular weight is 280 g/mol. The lowest BCUT2D eigenvalue weighted by Gasteiger charge is -2.24. The Hall–Kier alpha value is -2.11. The molecule has 1 saturated carbocycles. The zero-order valence-electron chi connectivity index (χ0n) is 11.2. The SMILES string of the molecule is CN(C(=O)Nc1ccc(C(=O)O)c(F)c1)C1CCCC1. The van der Waals surface area contributed by atoms with Crippen LogP contribution in [0, 0.1) is 5.82 Å². The van der Waals surface area contributed by atoms with Gasteiger partial charge in [0.1, 0.15) is 5.82 Å². The minimum absolute atomic E-state index is 0.220. The number of carboxylic acids is 1. The summed E-state index contributed by atoms with van der Waals surface area (Å²) in [5.41, 5.74) is -0.158. The molecule has 1 aromatic carbocycles. The number of aromatic carboxylic acids is 1. The van der Waals surface area contributed by atoms with Crippen molar-refractivity contribution in [1.82, 2.24) is 4.90 Å². The number of carboxylic acid groups (broad SMARTS) is 1. The summed E-state index contributed by atoms with van der Waals surface area (Å²) in [6.45, 7) is 0. The van der Waals surface area contributed by atoms with Crippen molar-refractivity contribution in [3.63, 3.8) is 0 Å². The number of anilines is 1. The van der Waals surface area contributed by atoms with Gasteiger partial charge in [0.05, 0.1) is 5.56 Å². The molecule has 5 nitrogen and oxygen atoms in total. The molecule has 1 aromatic rings. The summed E-state index contributed by atoms with van der Waals surface area (Å²) in [7, 11) is 1.72. The lowest BCUT2D eigenvalue weighted by molar-refractivity contribution is 0.0692. The van der Waals surface area contributed by atoms with Gasteiger partial charge in [-0.05, 0) is 31.0 Å². The zero-order chi connectivity index (χ0) is 14.7. The van der Waals surface area contributed by atoms with Crippen molar-refractivity contribution < 1.29 is 19.1 Å². The standard InChI is InChI=1S/C14H17FN2O3/c1-17(10-4-2-3-5-10)14(20)16-9-6-7-11(13(18)19)12(15)8-9/h6-8,10H,2-5H2,1H3,(H,16,20)(H,18,19). The van der Waals surface area contributed by atoms with Gasteiger partial charge in [-0.3, -0.25) is 0 Å². The van der Waals surface area contributed by atoms with E-state index < -0.39 is 17.3 Å². The molecule has 0 heterocycles. The van der Waals surface area contributed by atoms with Gasteiger partial charge in [0.15, 0.2) is 0 Å². The topological polar surface area (TPSA) is 69.6 Å². The molecule has 0 radical (unpaired) electrons. The van der Waals surface area contributed by atoms with E-state index in [1.165, 1.54) is 6.07 Å². The predicted octanol–water partition coefficient (Wildman–Crippen LogP) is 2.93. The molecule has 0 unspecified atom stereocenters. The molecule has 0 aromatic heterocycles. The maximum Gasteiger partial charge on any atom is 0.338 e. The molecule has 1 aliphatic carbocycles. The molecule has 1 aliphatic rings. The highest BCUT2D eigenvalue weighted by Crippen LogP contribution is 2.23. The van der Waals surface area contributed by atoms with Gasteiger partial charge in [-0.2, -0.15) is 0 Å². The molecule has 2 rings (SSSR count). The molecule has 0 saturated heterocycles. The fraction of sp³-hybridized carbons (Fsp3) is 0.429. The molecular formula is C14H17FN2O3. The zero-order valence-corrected chi connectivity index (χ0v) is 11.2. The average Bonchev–Trinajstić information content (AvgIpc) is 2.91. The van der Waals surface area contributed by atoms with Gasteiger partial charge in [0, 0.05) is 18.8 Å². The molecule has 6 heteroatoms. The van der Waals surface area contributed by atoms with Crippen molar-refractivity contribution in [2.75, 3.05) is 12.4 Å². The molecule has 0 aliphatic heterocycles.